The molecule has 36 heavy (non-hydrogen) atoms. The van der Waals surface area contributed by atoms with E-state index in [1.807, 2.05) is 58.0 Å². The molecule has 0 saturated heterocycles. The third-order valence-electron chi connectivity index (χ3n) is 6.16. The molecule has 1 N–H and O–H groups in total. The highest BCUT2D eigenvalue weighted by atomic mass is 35.5. The molecule has 1 atom stereocenters. The van der Waals surface area contributed by atoms with Gasteiger partial charge in [-0.05, 0) is 62.4 Å². The first-order valence-corrected chi connectivity index (χ1v) is 12.6. The van der Waals surface area contributed by atoms with Crippen molar-refractivity contribution in [2.45, 2.75) is 52.2 Å². The molecule has 1 aliphatic rings. The lowest BCUT2D eigenvalue weighted by molar-refractivity contribution is -0.141. The van der Waals surface area contributed by atoms with Crippen molar-refractivity contribution in [3.63, 3.8) is 0 Å². The molecule has 0 radical (unpaired) electrons. The van der Waals surface area contributed by atoms with Gasteiger partial charge in [-0.15, -0.1) is 0 Å². The van der Waals surface area contributed by atoms with Crippen LogP contribution in [0.15, 0.2) is 54.6 Å². The Morgan fingerprint density at radius 3 is 2.36 bits per heavy atom. The van der Waals surface area contributed by atoms with Gasteiger partial charge in [0.25, 0.3) is 5.91 Å². The number of anilines is 1. The molecule has 0 bridgehead atoms. The molecule has 0 aromatic heterocycles. The standard InChI is InChI=1S/C28H29Cl2N3O3/c1-5-22(26(35)31-28(2,3)4)32(15-17-12-13-20(29)21(30)14-17)24(34)16-33-23-11-7-9-18-8-6-10-19(25(18)23)27(33)36/h6-14,22H,5,15-16H2,1-4H3,(H,31,35). The van der Waals surface area contributed by atoms with Gasteiger partial charge in [-0.2, -0.15) is 0 Å². The molecule has 3 amide bonds. The number of rotatable bonds is 7. The molecular formula is C28H29Cl2N3O3. The second kappa shape index (κ2) is 10.1. The lowest BCUT2D eigenvalue weighted by Crippen LogP contribution is -2.55. The average Bonchev–Trinajstić information content (AvgIpc) is 3.08. The second-order valence-electron chi connectivity index (χ2n) is 10.0. The number of nitrogens with one attached hydrogen (secondary N) is 1. The number of halogens is 2. The van der Waals surface area contributed by atoms with Crippen LogP contribution in [-0.4, -0.2) is 40.7 Å². The minimum absolute atomic E-state index is 0.144. The number of benzene rings is 3. The normalized spacial score (nSPS) is 13.7. The Morgan fingerprint density at radius 2 is 1.72 bits per heavy atom. The van der Waals surface area contributed by atoms with Crippen molar-refractivity contribution in [3.8, 4) is 0 Å². The molecule has 3 aromatic carbocycles. The quantitative estimate of drug-likeness (QED) is 0.421. The second-order valence-corrected chi connectivity index (χ2v) is 10.8. The zero-order chi connectivity index (χ0) is 26.2. The summed E-state index contributed by atoms with van der Waals surface area (Å²) >= 11 is 12.3. The molecule has 1 aliphatic heterocycles. The fraction of sp³-hybridized carbons (Fsp3) is 0.321. The van der Waals surface area contributed by atoms with Crippen LogP contribution in [-0.2, 0) is 16.1 Å². The minimum Gasteiger partial charge on any atom is -0.350 e. The maximum Gasteiger partial charge on any atom is 0.259 e. The van der Waals surface area contributed by atoms with Crippen molar-refractivity contribution >= 4 is 57.4 Å². The van der Waals surface area contributed by atoms with E-state index in [1.165, 1.54) is 9.80 Å². The van der Waals surface area contributed by atoms with E-state index >= 15 is 0 Å². The van der Waals surface area contributed by atoms with Crippen LogP contribution in [0.3, 0.4) is 0 Å². The van der Waals surface area contributed by atoms with E-state index in [-0.39, 0.29) is 30.8 Å². The topological polar surface area (TPSA) is 69.7 Å². The highest BCUT2D eigenvalue weighted by molar-refractivity contribution is 6.42. The van der Waals surface area contributed by atoms with Gasteiger partial charge in [0.1, 0.15) is 12.6 Å². The first-order chi connectivity index (χ1) is 17.0. The Hall–Kier alpha value is -3.09. The maximum atomic E-state index is 13.8. The predicted octanol–water partition coefficient (Wildman–Crippen LogP) is 5.83. The molecule has 0 saturated carbocycles. The van der Waals surface area contributed by atoms with E-state index in [0.717, 1.165) is 16.3 Å². The van der Waals surface area contributed by atoms with E-state index < -0.39 is 11.6 Å². The molecule has 0 fully saturated rings. The van der Waals surface area contributed by atoms with Crippen LogP contribution in [0.1, 0.15) is 50.0 Å². The fourth-order valence-corrected chi connectivity index (χ4v) is 4.89. The maximum absolute atomic E-state index is 13.8. The summed E-state index contributed by atoms with van der Waals surface area (Å²) in [5.41, 5.74) is 1.54. The van der Waals surface area contributed by atoms with Crippen molar-refractivity contribution in [2.24, 2.45) is 0 Å². The summed E-state index contributed by atoms with van der Waals surface area (Å²) in [4.78, 5) is 43.4. The Bertz CT molecular complexity index is 1340. The summed E-state index contributed by atoms with van der Waals surface area (Å²) in [6.07, 6.45) is 0.402. The predicted molar refractivity (Wildman–Crippen MR) is 145 cm³/mol. The number of carbonyl (C=O) groups excluding carboxylic acids is 3. The van der Waals surface area contributed by atoms with Crippen LogP contribution in [0.25, 0.3) is 10.8 Å². The van der Waals surface area contributed by atoms with Gasteiger partial charge in [0, 0.05) is 23.0 Å². The van der Waals surface area contributed by atoms with Crippen molar-refractivity contribution in [1.82, 2.24) is 10.2 Å². The molecule has 3 aromatic rings. The summed E-state index contributed by atoms with van der Waals surface area (Å²) < 4.78 is 0. The van der Waals surface area contributed by atoms with Gasteiger partial charge in [-0.1, -0.05) is 60.5 Å². The molecular weight excluding hydrogens is 497 g/mol. The van der Waals surface area contributed by atoms with Crippen molar-refractivity contribution < 1.29 is 14.4 Å². The summed E-state index contributed by atoms with van der Waals surface area (Å²) in [5.74, 6) is -0.816. The van der Waals surface area contributed by atoms with Crippen molar-refractivity contribution in [2.75, 3.05) is 11.4 Å². The zero-order valence-electron chi connectivity index (χ0n) is 20.8. The van der Waals surface area contributed by atoms with Crippen LogP contribution in [0, 0.1) is 0 Å². The van der Waals surface area contributed by atoms with Gasteiger partial charge in [-0.25, -0.2) is 0 Å². The van der Waals surface area contributed by atoms with Crippen LogP contribution >= 0.6 is 23.2 Å². The van der Waals surface area contributed by atoms with E-state index in [4.69, 9.17) is 23.2 Å². The van der Waals surface area contributed by atoms with Gasteiger partial charge in [0.15, 0.2) is 0 Å². The molecule has 188 valence electrons. The molecule has 4 rings (SSSR count). The number of nitrogens with zero attached hydrogens (tertiary/aromatic N) is 2. The van der Waals surface area contributed by atoms with Crippen LogP contribution in [0.2, 0.25) is 10.0 Å². The van der Waals surface area contributed by atoms with Crippen LogP contribution in [0.5, 0.6) is 0 Å². The third kappa shape index (κ3) is 5.20. The fourth-order valence-electron chi connectivity index (χ4n) is 4.57. The van der Waals surface area contributed by atoms with Gasteiger partial charge in [-0.3, -0.25) is 19.3 Å². The van der Waals surface area contributed by atoms with E-state index in [1.54, 1.807) is 24.3 Å². The van der Waals surface area contributed by atoms with Crippen LogP contribution < -0.4 is 10.2 Å². The Kier molecular flexibility index (Phi) is 7.30. The SMILES string of the molecule is CCC(C(=O)NC(C)(C)C)N(Cc1ccc(Cl)c(Cl)c1)C(=O)CN1C(=O)c2cccc3cccc1c23. The van der Waals surface area contributed by atoms with Gasteiger partial charge in [0.2, 0.25) is 11.8 Å². The van der Waals surface area contributed by atoms with Gasteiger partial charge >= 0.3 is 0 Å². The Balaban J connectivity index is 1.67. The Morgan fingerprint density at radius 1 is 1.03 bits per heavy atom. The highest BCUT2D eigenvalue weighted by Gasteiger charge is 2.35. The molecule has 1 heterocycles. The van der Waals surface area contributed by atoms with Crippen molar-refractivity contribution in [1.29, 1.82) is 0 Å². The minimum atomic E-state index is -0.734. The molecule has 1 unspecified atom stereocenters. The summed E-state index contributed by atoms with van der Waals surface area (Å²) in [6.45, 7) is 7.49. The Labute approximate surface area is 221 Å². The van der Waals surface area contributed by atoms with Gasteiger partial charge < -0.3 is 10.2 Å². The summed E-state index contributed by atoms with van der Waals surface area (Å²) in [5, 5.41) is 5.54. The van der Waals surface area contributed by atoms with Crippen LogP contribution in [0.4, 0.5) is 5.69 Å². The van der Waals surface area contributed by atoms with E-state index in [0.29, 0.717) is 27.7 Å². The lowest BCUT2D eigenvalue weighted by Gasteiger charge is -2.34. The number of hydrogen-bond donors (Lipinski definition) is 1. The van der Waals surface area contributed by atoms with Crippen molar-refractivity contribution in [3.05, 3.63) is 75.8 Å². The average molecular weight is 526 g/mol. The molecule has 8 heteroatoms. The van der Waals surface area contributed by atoms with E-state index in [9.17, 15) is 14.4 Å². The van der Waals surface area contributed by atoms with Gasteiger partial charge in [0.05, 0.1) is 15.7 Å². The molecule has 6 nitrogen and oxygen atoms in total. The van der Waals surface area contributed by atoms with E-state index in [2.05, 4.69) is 5.32 Å². The monoisotopic (exact) mass is 525 g/mol. The molecule has 0 spiro atoms. The third-order valence-corrected chi connectivity index (χ3v) is 6.90. The largest absolute Gasteiger partial charge is 0.350 e. The number of carbonyl (C=O) groups is 3. The smallest absolute Gasteiger partial charge is 0.259 e. The first-order valence-electron chi connectivity index (χ1n) is 11.9. The summed E-state index contributed by atoms with van der Waals surface area (Å²) in [6, 6.07) is 15.6. The lowest BCUT2D eigenvalue weighted by atomic mass is 10.1. The molecule has 0 aliphatic carbocycles. The number of amides is 3. The number of hydrogen-bond acceptors (Lipinski definition) is 3. The first kappa shape index (κ1) is 26.0. The highest BCUT2D eigenvalue weighted by Crippen LogP contribution is 2.37. The summed E-state index contributed by atoms with van der Waals surface area (Å²) in [7, 11) is 0. The zero-order valence-corrected chi connectivity index (χ0v) is 22.3.